The highest BCUT2D eigenvalue weighted by molar-refractivity contribution is 6.33. The number of carbonyl (C=O) groups excluding carboxylic acids is 1. The van der Waals surface area contributed by atoms with E-state index in [1.54, 1.807) is 0 Å². The first-order valence-electron chi connectivity index (χ1n) is 6.72. The molecule has 4 N–H and O–H groups in total. The fourth-order valence-corrected chi connectivity index (χ4v) is 2.72. The molecule has 4 nitrogen and oxygen atoms in total. The maximum atomic E-state index is 12.2. The molecule has 0 aliphatic carbocycles. The van der Waals surface area contributed by atoms with Crippen molar-refractivity contribution >= 4 is 34.6 Å². The summed E-state index contributed by atoms with van der Waals surface area (Å²) in [5.74, 6) is -0.0813. The topological polar surface area (TPSA) is 67.2 Å². The Hall–Kier alpha value is -3.01. The van der Waals surface area contributed by atoms with Crippen LogP contribution in [-0.2, 0) is 4.79 Å². The van der Waals surface area contributed by atoms with Crippen LogP contribution < -0.4 is 16.4 Å². The van der Waals surface area contributed by atoms with E-state index < -0.39 is 0 Å². The average Bonchev–Trinajstić information content (AvgIpc) is 2.82. The molecule has 2 aliphatic rings. The van der Waals surface area contributed by atoms with E-state index in [0.717, 1.165) is 33.9 Å². The van der Waals surface area contributed by atoms with Crippen LogP contribution in [0, 0.1) is 0 Å². The Balaban J connectivity index is 1.85. The third kappa shape index (κ3) is 1.80. The molecule has 21 heavy (non-hydrogen) atoms. The summed E-state index contributed by atoms with van der Waals surface area (Å²) in [7, 11) is 0. The predicted molar refractivity (Wildman–Crippen MR) is 85.5 cm³/mol. The van der Waals surface area contributed by atoms with Gasteiger partial charge in [-0.3, -0.25) is 4.79 Å². The van der Waals surface area contributed by atoms with Gasteiger partial charge in [0.05, 0.1) is 11.3 Å². The molecule has 0 saturated heterocycles. The molecule has 2 aliphatic heterocycles. The summed E-state index contributed by atoms with van der Waals surface area (Å²) < 4.78 is 0. The van der Waals surface area contributed by atoms with Crippen LogP contribution in [0.1, 0.15) is 11.1 Å². The average molecular weight is 275 g/mol. The van der Waals surface area contributed by atoms with E-state index in [1.807, 2.05) is 54.6 Å². The lowest BCUT2D eigenvalue weighted by atomic mass is 10.0. The monoisotopic (exact) mass is 275 g/mol. The second kappa shape index (κ2) is 4.24. The summed E-state index contributed by atoms with van der Waals surface area (Å²) in [6.07, 6.45) is 3.89. The third-order valence-electron chi connectivity index (χ3n) is 3.72. The first-order chi connectivity index (χ1) is 10.2. The molecule has 0 bridgehead atoms. The second-order valence-electron chi connectivity index (χ2n) is 5.09. The standard InChI is InChI=1S/C17H13N3O/c18-11-6-8-13-10(9-11)5-7-15(19-13)16-12-3-1-2-4-14(12)20-17(16)21/h1-9,19H,18H2,(H,20,21). The molecule has 0 atom stereocenters. The van der Waals surface area contributed by atoms with Crippen LogP contribution >= 0.6 is 0 Å². The molecule has 0 radical (unpaired) electrons. The SMILES string of the molecule is Nc1ccc2c(c1)C=CC(=C1C(=O)Nc3ccccc31)N2. The zero-order valence-electron chi connectivity index (χ0n) is 11.2. The van der Waals surface area contributed by atoms with E-state index in [0.29, 0.717) is 5.57 Å². The molecule has 0 spiro atoms. The smallest absolute Gasteiger partial charge is 0.258 e. The minimum Gasteiger partial charge on any atom is -0.399 e. The van der Waals surface area contributed by atoms with E-state index in [2.05, 4.69) is 10.6 Å². The number of nitrogens with one attached hydrogen (secondary N) is 2. The Labute approximate surface area is 122 Å². The third-order valence-corrected chi connectivity index (χ3v) is 3.72. The maximum Gasteiger partial charge on any atom is 0.258 e. The number of amides is 1. The highest BCUT2D eigenvalue weighted by Crippen LogP contribution is 2.36. The van der Waals surface area contributed by atoms with E-state index >= 15 is 0 Å². The van der Waals surface area contributed by atoms with Crippen molar-refractivity contribution in [1.82, 2.24) is 0 Å². The van der Waals surface area contributed by atoms with Crippen molar-refractivity contribution in [2.24, 2.45) is 0 Å². The van der Waals surface area contributed by atoms with Gasteiger partial charge in [-0.1, -0.05) is 24.3 Å². The van der Waals surface area contributed by atoms with Gasteiger partial charge in [-0.05, 0) is 30.3 Å². The second-order valence-corrected chi connectivity index (χ2v) is 5.09. The molecule has 102 valence electrons. The number of hydrogen-bond acceptors (Lipinski definition) is 3. The van der Waals surface area contributed by atoms with E-state index in [9.17, 15) is 4.79 Å². The highest BCUT2D eigenvalue weighted by atomic mass is 16.2. The summed E-state index contributed by atoms with van der Waals surface area (Å²) in [5, 5.41) is 6.20. The van der Waals surface area contributed by atoms with Crippen LogP contribution in [0.5, 0.6) is 0 Å². The molecule has 0 aromatic heterocycles. The van der Waals surface area contributed by atoms with E-state index in [4.69, 9.17) is 5.73 Å². The van der Waals surface area contributed by atoms with Gasteiger partial charge >= 0.3 is 0 Å². The number of allylic oxidation sites excluding steroid dienone is 1. The van der Waals surface area contributed by atoms with Crippen LogP contribution in [0.25, 0.3) is 11.6 Å². The van der Waals surface area contributed by atoms with Crippen LogP contribution in [0.3, 0.4) is 0 Å². The Morgan fingerprint density at radius 2 is 1.76 bits per heavy atom. The number of nitrogens with two attached hydrogens (primary N) is 1. The van der Waals surface area contributed by atoms with Crippen molar-refractivity contribution in [3.05, 3.63) is 65.4 Å². The molecule has 4 rings (SSSR count). The normalized spacial score (nSPS) is 18.8. The molecule has 0 saturated carbocycles. The Bertz CT molecular complexity index is 834. The van der Waals surface area contributed by atoms with Gasteiger partial charge in [0, 0.05) is 28.2 Å². The molecular formula is C17H13N3O. The fourth-order valence-electron chi connectivity index (χ4n) is 2.72. The fraction of sp³-hybridized carbons (Fsp3) is 0. The largest absolute Gasteiger partial charge is 0.399 e. The number of anilines is 3. The van der Waals surface area contributed by atoms with Gasteiger partial charge in [-0.15, -0.1) is 0 Å². The zero-order valence-corrected chi connectivity index (χ0v) is 11.2. The van der Waals surface area contributed by atoms with Gasteiger partial charge in [-0.2, -0.15) is 0 Å². The maximum absolute atomic E-state index is 12.2. The zero-order chi connectivity index (χ0) is 14.4. The van der Waals surface area contributed by atoms with Crippen molar-refractivity contribution < 1.29 is 4.79 Å². The molecule has 0 unspecified atom stereocenters. The van der Waals surface area contributed by atoms with Gasteiger partial charge in [0.1, 0.15) is 0 Å². The minimum atomic E-state index is -0.0813. The van der Waals surface area contributed by atoms with Crippen molar-refractivity contribution in [1.29, 1.82) is 0 Å². The van der Waals surface area contributed by atoms with Gasteiger partial charge in [0.15, 0.2) is 0 Å². The quantitative estimate of drug-likeness (QED) is 0.511. The lowest BCUT2D eigenvalue weighted by molar-refractivity contribution is -0.110. The Kier molecular flexibility index (Phi) is 2.38. The van der Waals surface area contributed by atoms with Gasteiger partial charge in [0.25, 0.3) is 5.91 Å². The summed E-state index contributed by atoms with van der Waals surface area (Å²) in [5.41, 5.74) is 11.7. The predicted octanol–water partition coefficient (Wildman–Crippen LogP) is 3.07. The number of carbonyl (C=O) groups is 1. The van der Waals surface area contributed by atoms with Crippen LogP contribution in [0.4, 0.5) is 17.1 Å². The summed E-state index contributed by atoms with van der Waals surface area (Å²) in [6.45, 7) is 0. The van der Waals surface area contributed by atoms with E-state index in [1.165, 1.54) is 0 Å². The first kappa shape index (κ1) is 11.8. The molecule has 0 fully saturated rings. The van der Waals surface area contributed by atoms with Crippen molar-refractivity contribution in [2.45, 2.75) is 0 Å². The van der Waals surface area contributed by atoms with Gasteiger partial charge < -0.3 is 16.4 Å². The van der Waals surface area contributed by atoms with Gasteiger partial charge in [0.2, 0.25) is 0 Å². The van der Waals surface area contributed by atoms with Crippen LogP contribution in [0.2, 0.25) is 0 Å². The number of benzene rings is 2. The lowest BCUT2D eigenvalue weighted by Crippen LogP contribution is -2.11. The number of fused-ring (bicyclic) bond motifs is 2. The van der Waals surface area contributed by atoms with Crippen molar-refractivity contribution in [3.63, 3.8) is 0 Å². The molecular weight excluding hydrogens is 262 g/mol. The molecule has 2 aromatic rings. The van der Waals surface area contributed by atoms with Gasteiger partial charge in [-0.25, -0.2) is 0 Å². The minimum absolute atomic E-state index is 0.0813. The summed E-state index contributed by atoms with van der Waals surface area (Å²) >= 11 is 0. The van der Waals surface area contributed by atoms with Crippen LogP contribution in [-0.4, -0.2) is 5.91 Å². The highest BCUT2D eigenvalue weighted by Gasteiger charge is 2.27. The van der Waals surface area contributed by atoms with E-state index in [-0.39, 0.29) is 5.91 Å². The molecule has 2 aromatic carbocycles. The molecule has 1 amide bonds. The number of nitrogen functional groups attached to an aromatic ring is 1. The molecule has 4 heteroatoms. The Morgan fingerprint density at radius 3 is 2.67 bits per heavy atom. The summed E-state index contributed by atoms with van der Waals surface area (Å²) in [6, 6.07) is 13.4. The Morgan fingerprint density at radius 1 is 0.905 bits per heavy atom. The number of para-hydroxylation sites is 1. The van der Waals surface area contributed by atoms with Crippen molar-refractivity contribution in [3.8, 4) is 0 Å². The first-order valence-corrected chi connectivity index (χ1v) is 6.72. The lowest BCUT2D eigenvalue weighted by Gasteiger charge is -2.17. The molecule has 2 heterocycles. The van der Waals surface area contributed by atoms with Crippen molar-refractivity contribution in [2.75, 3.05) is 16.4 Å². The number of hydrogen-bond donors (Lipinski definition) is 3. The van der Waals surface area contributed by atoms with Crippen LogP contribution in [0.15, 0.2) is 54.2 Å². The number of rotatable bonds is 0. The summed E-state index contributed by atoms with van der Waals surface area (Å²) in [4.78, 5) is 12.2.